The van der Waals surface area contributed by atoms with Crippen molar-refractivity contribution >= 4 is 27.5 Å². The number of nitrogens with zero attached hydrogens (tertiary/aromatic N) is 3. The zero-order valence-electron chi connectivity index (χ0n) is 9.27. The quantitative estimate of drug-likeness (QED) is 0.946. The molecule has 0 fully saturated rings. The molecule has 2 aromatic rings. The third-order valence-electron chi connectivity index (χ3n) is 2.46. The van der Waals surface area contributed by atoms with Gasteiger partial charge in [-0.2, -0.15) is 0 Å². The first-order valence-corrected chi connectivity index (χ1v) is 6.29. The van der Waals surface area contributed by atoms with E-state index in [0.29, 0.717) is 11.4 Å². The molecule has 0 aliphatic carbocycles. The van der Waals surface area contributed by atoms with Crippen LogP contribution in [0.2, 0.25) is 5.02 Å². The van der Waals surface area contributed by atoms with Crippen molar-refractivity contribution in [1.29, 1.82) is 0 Å². The topological polar surface area (TPSA) is 56.7 Å². The molecule has 6 heteroatoms. The summed E-state index contributed by atoms with van der Waals surface area (Å²) < 4.78 is 2.51. The molecule has 4 nitrogen and oxygen atoms in total. The number of benzene rings is 1. The highest BCUT2D eigenvalue weighted by Gasteiger charge is 2.14. The summed E-state index contributed by atoms with van der Waals surface area (Å²) in [5, 5.41) is 8.54. The summed E-state index contributed by atoms with van der Waals surface area (Å²) in [4.78, 5) is 0. The van der Waals surface area contributed by atoms with E-state index in [1.54, 1.807) is 4.68 Å². The second-order valence-electron chi connectivity index (χ2n) is 3.84. The molecular formula is C11H12BrClN4. The summed E-state index contributed by atoms with van der Waals surface area (Å²) >= 11 is 9.58. The second kappa shape index (κ2) is 5.16. The number of halogens is 2. The van der Waals surface area contributed by atoms with Crippen LogP contribution in [0.1, 0.15) is 17.3 Å². The summed E-state index contributed by atoms with van der Waals surface area (Å²) in [6.07, 6.45) is 2.47. The Bertz CT molecular complexity index is 526. The van der Waals surface area contributed by atoms with E-state index >= 15 is 0 Å². The van der Waals surface area contributed by atoms with Crippen LogP contribution in [0.5, 0.6) is 0 Å². The third-order valence-corrected chi connectivity index (χ3v) is 3.77. The van der Waals surface area contributed by atoms with Crippen molar-refractivity contribution in [3.8, 4) is 0 Å². The standard InChI is InChI=1S/C11H12BrClN4/c1-17-6-7(15-16-17)5-10(14)8-3-2-4-9(12)11(8)13/h2-4,6,10H,5,14H2,1H3. The van der Waals surface area contributed by atoms with Crippen LogP contribution >= 0.6 is 27.5 Å². The molecule has 0 saturated heterocycles. The molecule has 2 N–H and O–H groups in total. The van der Waals surface area contributed by atoms with Gasteiger partial charge in [0.1, 0.15) is 0 Å². The molecule has 1 aromatic carbocycles. The summed E-state index contributed by atoms with van der Waals surface area (Å²) in [6.45, 7) is 0. The van der Waals surface area contributed by atoms with Crippen LogP contribution in [0.3, 0.4) is 0 Å². The molecule has 0 amide bonds. The normalized spacial score (nSPS) is 12.7. The molecule has 1 unspecified atom stereocenters. The lowest BCUT2D eigenvalue weighted by Crippen LogP contribution is -2.14. The van der Waals surface area contributed by atoms with Crippen molar-refractivity contribution in [2.75, 3.05) is 0 Å². The van der Waals surface area contributed by atoms with E-state index in [4.69, 9.17) is 17.3 Å². The van der Waals surface area contributed by atoms with E-state index in [1.165, 1.54) is 0 Å². The van der Waals surface area contributed by atoms with Gasteiger partial charge in [0.2, 0.25) is 0 Å². The highest BCUT2D eigenvalue weighted by atomic mass is 79.9. The monoisotopic (exact) mass is 314 g/mol. The van der Waals surface area contributed by atoms with Crippen LogP contribution in [0.15, 0.2) is 28.9 Å². The Kier molecular flexibility index (Phi) is 3.81. The Morgan fingerprint density at radius 3 is 2.94 bits per heavy atom. The lowest BCUT2D eigenvalue weighted by Gasteiger charge is -2.12. The first-order chi connectivity index (χ1) is 8.08. The first kappa shape index (κ1) is 12.5. The summed E-state index contributed by atoms with van der Waals surface area (Å²) in [6, 6.07) is 5.55. The van der Waals surface area contributed by atoms with Crippen molar-refractivity contribution < 1.29 is 0 Å². The average molecular weight is 316 g/mol. The molecule has 0 bridgehead atoms. The lowest BCUT2D eigenvalue weighted by atomic mass is 10.0. The summed E-state index contributed by atoms with van der Waals surface area (Å²) in [5.41, 5.74) is 7.89. The molecule has 17 heavy (non-hydrogen) atoms. The van der Waals surface area contributed by atoms with Crippen LogP contribution in [-0.2, 0) is 13.5 Å². The van der Waals surface area contributed by atoms with Gasteiger partial charge in [-0.25, -0.2) is 0 Å². The fourth-order valence-electron chi connectivity index (χ4n) is 1.63. The molecule has 2 rings (SSSR count). The van der Waals surface area contributed by atoms with E-state index < -0.39 is 0 Å². The average Bonchev–Trinajstić information content (AvgIpc) is 2.68. The van der Waals surface area contributed by atoms with Crippen LogP contribution in [0.25, 0.3) is 0 Å². The highest BCUT2D eigenvalue weighted by molar-refractivity contribution is 9.10. The molecule has 1 aromatic heterocycles. The zero-order valence-corrected chi connectivity index (χ0v) is 11.6. The largest absolute Gasteiger partial charge is 0.324 e. The van der Waals surface area contributed by atoms with Gasteiger partial charge in [0.25, 0.3) is 0 Å². The van der Waals surface area contributed by atoms with Crippen LogP contribution in [0.4, 0.5) is 0 Å². The Balaban J connectivity index is 2.20. The van der Waals surface area contributed by atoms with Gasteiger partial charge >= 0.3 is 0 Å². The lowest BCUT2D eigenvalue weighted by molar-refractivity contribution is 0.694. The molecule has 90 valence electrons. The minimum Gasteiger partial charge on any atom is -0.324 e. The van der Waals surface area contributed by atoms with Gasteiger partial charge in [-0.1, -0.05) is 28.9 Å². The van der Waals surface area contributed by atoms with Gasteiger partial charge in [0.15, 0.2) is 0 Å². The third kappa shape index (κ3) is 2.86. The minimum absolute atomic E-state index is 0.184. The van der Waals surface area contributed by atoms with Gasteiger partial charge in [0, 0.05) is 30.2 Å². The molecule has 1 heterocycles. The van der Waals surface area contributed by atoms with Crippen LogP contribution < -0.4 is 5.73 Å². The van der Waals surface area contributed by atoms with E-state index in [-0.39, 0.29) is 6.04 Å². The molecule has 0 spiro atoms. The predicted octanol–water partition coefficient (Wildman–Crippen LogP) is 2.47. The van der Waals surface area contributed by atoms with E-state index in [9.17, 15) is 0 Å². The maximum atomic E-state index is 6.19. The highest BCUT2D eigenvalue weighted by Crippen LogP contribution is 2.30. The molecular weight excluding hydrogens is 304 g/mol. The number of aryl methyl sites for hydroxylation is 1. The van der Waals surface area contributed by atoms with Gasteiger partial charge in [-0.3, -0.25) is 4.68 Å². The maximum absolute atomic E-state index is 6.19. The maximum Gasteiger partial charge on any atom is 0.0845 e. The zero-order chi connectivity index (χ0) is 12.4. The summed E-state index contributed by atoms with van der Waals surface area (Å²) in [5.74, 6) is 0. The smallest absolute Gasteiger partial charge is 0.0845 e. The van der Waals surface area contributed by atoms with Crippen LogP contribution in [0, 0.1) is 0 Å². The van der Waals surface area contributed by atoms with Crippen molar-refractivity contribution in [3.05, 3.63) is 45.1 Å². The van der Waals surface area contributed by atoms with Gasteiger partial charge in [-0.15, -0.1) is 5.10 Å². The molecule has 0 aliphatic rings. The van der Waals surface area contributed by atoms with E-state index in [1.807, 2.05) is 31.4 Å². The van der Waals surface area contributed by atoms with Crippen LogP contribution in [-0.4, -0.2) is 15.0 Å². The molecule has 1 atom stereocenters. The van der Waals surface area contributed by atoms with Gasteiger partial charge in [-0.05, 0) is 27.6 Å². The number of hydrogen-bond acceptors (Lipinski definition) is 3. The number of nitrogens with two attached hydrogens (primary N) is 1. The first-order valence-electron chi connectivity index (χ1n) is 5.12. The van der Waals surface area contributed by atoms with Crippen molar-refractivity contribution in [1.82, 2.24) is 15.0 Å². The fraction of sp³-hybridized carbons (Fsp3) is 0.273. The molecule has 0 saturated carbocycles. The Labute approximate surface area is 113 Å². The van der Waals surface area contributed by atoms with E-state index in [0.717, 1.165) is 15.7 Å². The Morgan fingerprint density at radius 1 is 1.53 bits per heavy atom. The molecule has 0 radical (unpaired) electrons. The van der Waals surface area contributed by atoms with Gasteiger partial charge in [0.05, 0.1) is 10.7 Å². The van der Waals surface area contributed by atoms with Crippen molar-refractivity contribution in [3.63, 3.8) is 0 Å². The Morgan fingerprint density at radius 2 is 2.29 bits per heavy atom. The van der Waals surface area contributed by atoms with Gasteiger partial charge < -0.3 is 5.73 Å². The van der Waals surface area contributed by atoms with Crippen molar-refractivity contribution in [2.45, 2.75) is 12.5 Å². The number of hydrogen-bond donors (Lipinski definition) is 1. The number of rotatable bonds is 3. The summed E-state index contributed by atoms with van der Waals surface area (Å²) in [7, 11) is 1.83. The van der Waals surface area contributed by atoms with Crippen molar-refractivity contribution in [2.24, 2.45) is 12.8 Å². The number of aromatic nitrogens is 3. The fourth-order valence-corrected chi connectivity index (χ4v) is 2.28. The predicted molar refractivity (Wildman–Crippen MR) is 70.8 cm³/mol. The Hall–Kier alpha value is -0.910. The SMILES string of the molecule is Cn1cc(CC(N)c2cccc(Br)c2Cl)nn1. The molecule has 0 aliphatic heterocycles. The van der Waals surface area contributed by atoms with E-state index in [2.05, 4.69) is 26.2 Å². The minimum atomic E-state index is -0.184. The second-order valence-corrected chi connectivity index (χ2v) is 5.07.